The van der Waals surface area contributed by atoms with Crippen LogP contribution in [0.1, 0.15) is 17.1 Å². The van der Waals surface area contributed by atoms with Crippen molar-refractivity contribution in [2.24, 2.45) is 0 Å². The second kappa shape index (κ2) is 2.75. The standard InChI is InChI=1S/C7H10N2O/c1-5-3-8-6(2)9-7(5)4-10/h3,10H,4H2,1-2H3. The van der Waals surface area contributed by atoms with Crippen LogP contribution < -0.4 is 0 Å². The second-order valence-electron chi connectivity index (χ2n) is 2.21. The van der Waals surface area contributed by atoms with Gasteiger partial charge in [-0.05, 0) is 19.4 Å². The van der Waals surface area contributed by atoms with Crippen molar-refractivity contribution in [3.63, 3.8) is 0 Å². The molecule has 0 aliphatic carbocycles. The first-order valence-corrected chi connectivity index (χ1v) is 3.14. The van der Waals surface area contributed by atoms with Gasteiger partial charge in [0.1, 0.15) is 5.82 Å². The molecule has 3 nitrogen and oxygen atoms in total. The van der Waals surface area contributed by atoms with E-state index in [0.29, 0.717) is 11.5 Å². The van der Waals surface area contributed by atoms with Crippen molar-refractivity contribution in [2.45, 2.75) is 20.5 Å². The van der Waals surface area contributed by atoms with Gasteiger partial charge in [-0.25, -0.2) is 9.97 Å². The fraction of sp³-hybridized carbons (Fsp3) is 0.429. The lowest BCUT2D eigenvalue weighted by atomic mass is 10.3. The van der Waals surface area contributed by atoms with Crippen LogP contribution in [0.2, 0.25) is 0 Å². The van der Waals surface area contributed by atoms with E-state index in [1.54, 1.807) is 13.1 Å². The van der Waals surface area contributed by atoms with E-state index in [0.717, 1.165) is 5.56 Å². The average Bonchev–Trinajstić information content (AvgIpc) is 1.94. The number of aryl methyl sites for hydroxylation is 2. The maximum Gasteiger partial charge on any atom is 0.125 e. The maximum atomic E-state index is 8.75. The molecule has 3 heteroatoms. The fourth-order valence-electron chi connectivity index (χ4n) is 0.737. The SMILES string of the molecule is Cc1ncc(C)c(CO)n1. The van der Waals surface area contributed by atoms with Crippen molar-refractivity contribution in [1.82, 2.24) is 9.97 Å². The molecule has 0 saturated heterocycles. The van der Waals surface area contributed by atoms with Crippen LogP contribution in [0.4, 0.5) is 0 Å². The quantitative estimate of drug-likeness (QED) is 0.617. The summed E-state index contributed by atoms with van der Waals surface area (Å²) in [7, 11) is 0. The summed E-state index contributed by atoms with van der Waals surface area (Å²) in [6.07, 6.45) is 1.72. The summed E-state index contributed by atoms with van der Waals surface area (Å²) < 4.78 is 0. The lowest BCUT2D eigenvalue weighted by molar-refractivity contribution is 0.275. The summed E-state index contributed by atoms with van der Waals surface area (Å²) in [5.41, 5.74) is 1.65. The number of hydrogen-bond donors (Lipinski definition) is 1. The first-order chi connectivity index (χ1) is 4.74. The third-order valence-corrected chi connectivity index (χ3v) is 1.35. The molecule has 0 bridgehead atoms. The third kappa shape index (κ3) is 1.30. The van der Waals surface area contributed by atoms with E-state index in [4.69, 9.17) is 5.11 Å². The van der Waals surface area contributed by atoms with Crippen LogP contribution in [0.3, 0.4) is 0 Å². The minimum atomic E-state index is -0.00477. The molecule has 1 heterocycles. The number of aliphatic hydroxyl groups is 1. The van der Waals surface area contributed by atoms with E-state index in [-0.39, 0.29) is 6.61 Å². The highest BCUT2D eigenvalue weighted by Gasteiger charge is 1.97. The summed E-state index contributed by atoms with van der Waals surface area (Å²) in [4.78, 5) is 8.00. The van der Waals surface area contributed by atoms with Gasteiger partial charge in [0.05, 0.1) is 12.3 Å². The van der Waals surface area contributed by atoms with Crippen molar-refractivity contribution in [3.05, 3.63) is 23.3 Å². The smallest absolute Gasteiger partial charge is 0.125 e. The lowest BCUT2D eigenvalue weighted by Crippen LogP contribution is -1.97. The van der Waals surface area contributed by atoms with Gasteiger partial charge in [0.2, 0.25) is 0 Å². The number of hydrogen-bond acceptors (Lipinski definition) is 3. The molecule has 0 aliphatic rings. The van der Waals surface area contributed by atoms with Gasteiger partial charge in [-0.15, -0.1) is 0 Å². The van der Waals surface area contributed by atoms with Crippen LogP contribution in [0, 0.1) is 13.8 Å². The number of aliphatic hydroxyl groups excluding tert-OH is 1. The molecular weight excluding hydrogens is 128 g/mol. The Morgan fingerprint density at radius 1 is 1.50 bits per heavy atom. The molecule has 0 aromatic carbocycles. The average molecular weight is 138 g/mol. The Morgan fingerprint density at radius 3 is 2.70 bits per heavy atom. The molecule has 0 saturated carbocycles. The molecule has 0 spiro atoms. The first-order valence-electron chi connectivity index (χ1n) is 3.14. The highest BCUT2D eigenvalue weighted by molar-refractivity contribution is 5.13. The van der Waals surface area contributed by atoms with Crippen LogP contribution in [0.5, 0.6) is 0 Å². The Balaban J connectivity index is 3.09. The zero-order chi connectivity index (χ0) is 7.56. The van der Waals surface area contributed by atoms with Gasteiger partial charge in [-0.1, -0.05) is 0 Å². The van der Waals surface area contributed by atoms with Crippen molar-refractivity contribution in [2.75, 3.05) is 0 Å². The minimum Gasteiger partial charge on any atom is -0.390 e. The molecule has 0 amide bonds. The van der Waals surface area contributed by atoms with Crippen molar-refractivity contribution in [3.8, 4) is 0 Å². The number of rotatable bonds is 1. The monoisotopic (exact) mass is 138 g/mol. The summed E-state index contributed by atoms with van der Waals surface area (Å²) in [6.45, 7) is 3.68. The Morgan fingerprint density at radius 2 is 2.20 bits per heavy atom. The van der Waals surface area contributed by atoms with Crippen molar-refractivity contribution < 1.29 is 5.11 Å². The Bertz CT molecular complexity index is 235. The normalized spacial score (nSPS) is 9.90. The second-order valence-corrected chi connectivity index (χ2v) is 2.21. The van der Waals surface area contributed by atoms with Crippen LogP contribution in [0.15, 0.2) is 6.20 Å². The fourth-order valence-corrected chi connectivity index (χ4v) is 0.737. The summed E-state index contributed by atoms with van der Waals surface area (Å²) in [5, 5.41) is 8.75. The van der Waals surface area contributed by atoms with E-state index in [2.05, 4.69) is 9.97 Å². The maximum absolute atomic E-state index is 8.75. The van der Waals surface area contributed by atoms with Crippen LogP contribution in [-0.2, 0) is 6.61 Å². The molecule has 0 aliphatic heterocycles. The molecule has 0 atom stereocenters. The zero-order valence-corrected chi connectivity index (χ0v) is 6.13. The highest BCUT2D eigenvalue weighted by Crippen LogP contribution is 2.01. The van der Waals surface area contributed by atoms with Crippen LogP contribution >= 0.6 is 0 Å². The summed E-state index contributed by atoms with van der Waals surface area (Å²) >= 11 is 0. The minimum absolute atomic E-state index is 0.00477. The van der Waals surface area contributed by atoms with Gasteiger partial charge >= 0.3 is 0 Å². The largest absolute Gasteiger partial charge is 0.390 e. The molecule has 1 N–H and O–H groups in total. The van der Waals surface area contributed by atoms with E-state index in [1.165, 1.54) is 0 Å². The molecule has 1 aromatic heterocycles. The van der Waals surface area contributed by atoms with Gasteiger partial charge in [-0.3, -0.25) is 0 Å². The molecule has 1 rings (SSSR count). The third-order valence-electron chi connectivity index (χ3n) is 1.35. The first kappa shape index (κ1) is 7.15. The van der Waals surface area contributed by atoms with Gasteiger partial charge in [0.25, 0.3) is 0 Å². The summed E-state index contributed by atoms with van der Waals surface area (Å²) in [6, 6.07) is 0. The van der Waals surface area contributed by atoms with E-state index in [1.807, 2.05) is 6.92 Å². The van der Waals surface area contributed by atoms with Gasteiger partial charge < -0.3 is 5.11 Å². The van der Waals surface area contributed by atoms with Gasteiger partial charge in [0, 0.05) is 6.20 Å². The lowest BCUT2D eigenvalue weighted by Gasteiger charge is -1.99. The molecule has 54 valence electrons. The van der Waals surface area contributed by atoms with E-state index >= 15 is 0 Å². The molecule has 0 radical (unpaired) electrons. The highest BCUT2D eigenvalue weighted by atomic mass is 16.3. The molecule has 10 heavy (non-hydrogen) atoms. The van der Waals surface area contributed by atoms with Crippen LogP contribution in [-0.4, -0.2) is 15.1 Å². The predicted octanol–water partition coefficient (Wildman–Crippen LogP) is 0.586. The molecule has 0 unspecified atom stereocenters. The molecule has 1 aromatic rings. The Labute approximate surface area is 59.8 Å². The molecule has 0 fully saturated rings. The van der Waals surface area contributed by atoms with E-state index < -0.39 is 0 Å². The zero-order valence-electron chi connectivity index (χ0n) is 6.13. The van der Waals surface area contributed by atoms with Crippen LogP contribution in [0.25, 0.3) is 0 Å². The van der Waals surface area contributed by atoms with Crippen molar-refractivity contribution >= 4 is 0 Å². The van der Waals surface area contributed by atoms with Gasteiger partial charge in [-0.2, -0.15) is 0 Å². The molecular formula is C7H10N2O. The Hall–Kier alpha value is -0.960. The number of aromatic nitrogens is 2. The van der Waals surface area contributed by atoms with E-state index in [9.17, 15) is 0 Å². The summed E-state index contributed by atoms with van der Waals surface area (Å²) in [5.74, 6) is 0.703. The topological polar surface area (TPSA) is 46.0 Å². The number of nitrogens with zero attached hydrogens (tertiary/aromatic N) is 2. The van der Waals surface area contributed by atoms with Gasteiger partial charge in [0.15, 0.2) is 0 Å². The predicted molar refractivity (Wildman–Crippen MR) is 37.4 cm³/mol. The van der Waals surface area contributed by atoms with Crippen molar-refractivity contribution in [1.29, 1.82) is 0 Å². The Kier molecular flexibility index (Phi) is 1.97.